The molecule has 0 radical (unpaired) electrons. The quantitative estimate of drug-likeness (QED) is 0.856. The van der Waals surface area contributed by atoms with Gasteiger partial charge in [0.05, 0.1) is 11.6 Å². The van der Waals surface area contributed by atoms with E-state index in [1.165, 1.54) is 12.1 Å². The van der Waals surface area contributed by atoms with Crippen LogP contribution in [0, 0.1) is 17.1 Å². The van der Waals surface area contributed by atoms with Crippen LogP contribution in [0.2, 0.25) is 0 Å². The van der Waals surface area contributed by atoms with Crippen LogP contribution in [0.15, 0.2) is 42.5 Å². The Bertz CT molecular complexity index is 568. The minimum atomic E-state index is -0.401. The van der Waals surface area contributed by atoms with Gasteiger partial charge in [-0.05, 0) is 34.9 Å². The topological polar surface area (TPSA) is 49.8 Å². The van der Waals surface area contributed by atoms with Crippen molar-refractivity contribution in [3.05, 3.63) is 59.4 Å². The molecule has 17 heavy (non-hydrogen) atoms. The van der Waals surface area contributed by atoms with Crippen molar-refractivity contribution in [2.75, 3.05) is 0 Å². The van der Waals surface area contributed by atoms with Crippen LogP contribution in [0.25, 0.3) is 11.1 Å². The van der Waals surface area contributed by atoms with E-state index in [9.17, 15) is 4.39 Å². The van der Waals surface area contributed by atoms with Crippen LogP contribution >= 0.6 is 0 Å². The summed E-state index contributed by atoms with van der Waals surface area (Å²) in [5.74, 6) is -0.401. The standard InChI is InChI=1S/C14H11FN2/c15-14-6-11(9-17)5-13(7-14)12-3-1-10(8-16)2-4-12/h1-7H,8,16H2. The molecule has 0 aliphatic heterocycles. The Balaban J connectivity index is 2.45. The zero-order valence-electron chi connectivity index (χ0n) is 9.15. The first-order valence-corrected chi connectivity index (χ1v) is 5.23. The summed E-state index contributed by atoms with van der Waals surface area (Å²) in [6, 6.07) is 13.8. The lowest BCUT2D eigenvalue weighted by Gasteiger charge is -2.04. The molecular weight excluding hydrogens is 215 g/mol. The molecule has 3 heteroatoms. The predicted molar refractivity (Wildman–Crippen MR) is 64.4 cm³/mol. The molecule has 84 valence electrons. The van der Waals surface area contributed by atoms with Crippen molar-refractivity contribution >= 4 is 0 Å². The number of rotatable bonds is 2. The van der Waals surface area contributed by atoms with Crippen molar-refractivity contribution in [3.8, 4) is 17.2 Å². The van der Waals surface area contributed by atoms with E-state index in [2.05, 4.69) is 0 Å². The molecule has 0 aliphatic rings. The second-order valence-electron chi connectivity index (χ2n) is 3.74. The summed E-state index contributed by atoms with van der Waals surface area (Å²) in [6.07, 6.45) is 0. The van der Waals surface area contributed by atoms with Crippen LogP contribution in [-0.2, 0) is 6.54 Å². The van der Waals surface area contributed by atoms with E-state index in [1.54, 1.807) is 6.07 Å². The first-order chi connectivity index (χ1) is 8.22. The highest BCUT2D eigenvalue weighted by Crippen LogP contribution is 2.22. The highest BCUT2D eigenvalue weighted by molar-refractivity contribution is 5.65. The second kappa shape index (κ2) is 4.77. The summed E-state index contributed by atoms with van der Waals surface area (Å²) >= 11 is 0. The van der Waals surface area contributed by atoms with Crippen LogP contribution in [0.4, 0.5) is 4.39 Å². The summed E-state index contributed by atoms with van der Waals surface area (Å²) in [6.45, 7) is 0.479. The van der Waals surface area contributed by atoms with Gasteiger partial charge in [0.15, 0.2) is 0 Å². The van der Waals surface area contributed by atoms with Crippen molar-refractivity contribution in [3.63, 3.8) is 0 Å². The van der Waals surface area contributed by atoms with E-state index in [0.29, 0.717) is 17.7 Å². The maximum absolute atomic E-state index is 13.3. The Hall–Kier alpha value is -2.18. The molecule has 2 nitrogen and oxygen atoms in total. The average molecular weight is 226 g/mol. The van der Waals surface area contributed by atoms with Crippen molar-refractivity contribution in [1.29, 1.82) is 5.26 Å². The van der Waals surface area contributed by atoms with E-state index < -0.39 is 5.82 Å². The van der Waals surface area contributed by atoms with Gasteiger partial charge in [0, 0.05) is 6.54 Å². The number of hydrogen-bond donors (Lipinski definition) is 1. The van der Waals surface area contributed by atoms with Gasteiger partial charge in [-0.3, -0.25) is 0 Å². The maximum atomic E-state index is 13.3. The largest absolute Gasteiger partial charge is 0.326 e. The van der Waals surface area contributed by atoms with Crippen molar-refractivity contribution < 1.29 is 4.39 Å². The third-order valence-electron chi connectivity index (χ3n) is 2.55. The van der Waals surface area contributed by atoms with E-state index in [1.807, 2.05) is 30.3 Å². The molecule has 0 aliphatic carbocycles. The molecule has 2 aromatic carbocycles. The second-order valence-corrected chi connectivity index (χ2v) is 3.74. The SMILES string of the molecule is N#Cc1cc(F)cc(-c2ccc(CN)cc2)c1. The van der Waals surface area contributed by atoms with Crippen molar-refractivity contribution in [2.45, 2.75) is 6.54 Å². The molecule has 0 saturated carbocycles. The summed E-state index contributed by atoms with van der Waals surface area (Å²) in [4.78, 5) is 0. The Morgan fingerprint density at radius 1 is 1.06 bits per heavy atom. The zero-order valence-corrected chi connectivity index (χ0v) is 9.15. The van der Waals surface area contributed by atoms with Gasteiger partial charge >= 0.3 is 0 Å². The average Bonchev–Trinajstić information content (AvgIpc) is 2.38. The fourth-order valence-electron chi connectivity index (χ4n) is 1.65. The third-order valence-corrected chi connectivity index (χ3v) is 2.55. The Kier molecular flexibility index (Phi) is 3.17. The molecule has 2 rings (SSSR count). The van der Waals surface area contributed by atoms with Gasteiger partial charge in [0.25, 0.3) is 0 Å². The molecule has 0 amide bonds. The minimum absolute atomic E-state index is 0.322. The summed E-state index contributed by atoms with van der Waals surface area (Å²) in [7, 11) is 0. The van der Waals surface area contributed by atoms with Gasteiger partial charge < -0.3 is 5.73 Å². The molecule has 0 fully saturated rings. The fourth-order valence-corrected chi connectivity index (χ4v) is 1.65. The molecule has 0 unspecified atom stereocenters. The van der Waals surface area contributed by atoms with Crippen LogP contribution in [-0.4, -0.2) is 0 Å². The Morgan fingerprint density at radius 2 is 1.76 bits per heavy atom. The van der Waals surface area contributed by atoms with Gasteiger partial charge in [0.1, 0.15) is 5.82 Å². The Morgan fingerprint density at radius 3 is 2.35 bits per heavy atom. The molecule has 0 aromatic heterocycles. The lowest BCUT2D eigenvalue weighted by Crippen LogP contribution is -1.95. The van der Waals surface area contributed by atoms with Gasteiger partial charge in [-0.1, -0.05) is 24.3 Å². The number of halogens is 1. The molecule has 0 atom stereocenters. The molecule has 0 spiro atoms. The summed E-state index contributed by atoms with van der Waals surface area (Å²) in [5, 5.41) is 8.78. The van der Waals surface area contributed by atoms with Crippen LogP contribution in [0.5, 0.6) is 0 Å². The van der Waals surface area contributed by atoms with E-state index in [0.717, 1.165) is 11.1 Å². The van der Waals surface area contributed by atoms with E-state index in [4.69, 9.17) is 11.0 Å². The van der Waals surface area contributed by atoms with Crippen molar-refractivity contribution in [2.24, 2.45) is 5.73 Å². The normalized spacial score (nSPS) is 9.94. The number of nitrogens with two attached hydrogens (primary N) is 1. The predicted octanol–water partition coefficient (Wildman–Crippen LogP) is 2.82. The highest BCUT2D eigenvalue weighted by atomic mass is 19.1. The van der Waals surface area contributed by atoms with Gasteiger partial charge in [-0.2, -0.15) is 5.26 Å². The van der Waals surface area contributed by atoms with Crippen LogP contribution in [0.1, 0.15) is 11.1 Å². The van der Waals surface area contributed by atoms with Gasteiger partial charge in [-0.15, -0.1) is 0 Å². The number of benzene rings is 2. The summed E-state index contributed by atoms with van der Waals surface area (Å²) < 4.78 is 13.3. The lowest BCUT2D eigenvalue weighted by atomic mass is 10.0. The van der Waals surface area contributed by atoms with Crippen LogP contribution < -0.4 is 5.73 Å². The molecule has 2 aromatic rings. The first kappa shape index (κ1) is 11.3. The highest BCUT2D eigenvalue weighted by Gasteiger charge is 2.03. The minimum Gasteiger partial charge on any atom is -0.326 e. The Labute approximate surface area is 99.1 Å². The first-order valence-electron chi connectivity index (χ1n) is 5.23. The molecule has 0 heterocycles. The van der Waals surface area contributed by atoms with Gasteiger partial charge in [-0.25, -0.2) is 4.39 Å². The lowest BCUT2D eigenvalue weighted by molar-refractivity contribution is 0.628. The van der Waals surface area contributed by atoms with Crippen LogP contribution in [0.3, 0.4) is 0 Å². The molecule has 0 saturated heterocycles. The third kappa shape index (κ3) is 2.49. The number of hydrogen-bond acceptors (Lipinski definition) is 2. The number of nitriles is 1. The number of nitrogens with zero attached hydrogens (tertiary/aromatic N) is 1. The smallest absolute Gasteiger partial charge is 0.125 e. The summed E-state index contributed by atoms with van der Waals surface area (Å²) in [5.41, 5.74) is 8.42. The molecule has 0 bridgehead atoms. The zero-order chi connectivity index (χ0) is 12.3. The van der Waals surface area contributed by atoms with Crippen molar-refractivity contribution in [1.82, 2.24) is 0 Å². The van der Waals surface area contributed by atoms with E-state index in [-0.39, 0.29) is 0 Å². The van der Waals surface area contributed by atoms with E-state index >= 15 is 0 Å². The molecule has 2 N–H and O–H groups in total. The monoisotopic (exact) mass is 226 g/mol. The molecular formula is C14H11FN2. The fraction of sp³-hybridized carbons (Fsp3) is 0.0714. The maximum Gasteiger partial charge on any atom is 0.125 e. The van der Waals surface area contributed by atoms with Gasteiger partial charge in [0.2, 0.25) is 0 Å².